The van der Waals surface area contributed by atoms with Crippen molar-refractivity contribution in [1.82, 2.24) is 4.57 Å². The van der Waals surface area contributed by atoms with Gasteiger partial charge in [-0.15, -0.1) is 0 Å². The van der Waals surface area contributed by atoms with Gasteiger partial charge in [0.1, 0.15) is 11.5 Å². The van der Waals surface area contributed by atoms with Crippen LogP contribution in [0.4, 0.5) is 10.1 Å². The van der Waals surface area contributed by atoms with Crippen LogP contribution in [0.2, 0.25) is 0 Å². The van der Waals surface area contributed by atoms with Crippen molar-refractivity contribution in [3.63, 3.8) is 0 Å². The van der Waals surface area contributed by atoms with Crippen molar-refractivity contribution in [2.75, 3.05) is 12.3 Å². The number of halogens is 1. The van der Waals surface area contributed by atoms with Gasteiger partial charge in [-0.25, -0.2) is 4.39 Å². The molecule has 1 aromatic heterocycles. The van der Waals surface area contributed by atoms with Gasteiger partial charge in [0.15, 0.2) is 11.6 Å². The molecule has 142 valence electrons. The van der Waals surface area contributed by atoms with Gasteiger partial charge in [-0.05, 0) is 43.3 Å². The summed E-state index contributed by atoms with van der Waals surface area (Å²) in [7, 11) is 1.62. The molecule has 0 amide bonds. The normalized spacial score (nSPS) is 10.4. The Hall–Kier alpha value is -3.79. The lowest BCUT2D eigenvalue weighted by molar-refractivity contribution is 0.340. The topological polar surface area (TPSA) is 90.3 Å². The van der Waals surface area contributed by atoms with Crippen molar-refractivity contribution in [3.8, 4) is 34.4 Å². The maximum atomic E-state index is 14.3. The van der Waals surface area contributed by atoms with Crippen molar-refractivity contribution >= 4 is 5.69 Å². The summed E-state index contributed by atoms with van der Waals surface area (Å²) in [5.74, 6) is 0.0129. The Morgan fingerprint density at radius 3 is 2.54 bits per heavy atom. The van der Waals surface area contributed by atoms with E-state index in [1.165, 1.54) is 22.8 Å². The van der Waals surface area contributed by atoms with Gasteiger partial charge in [-0.3, -0.25) is 4.79 Å². The Morgan fingerprint density at radius 2 is 1.86 bits per heavy atom. The van der Waals surface area contributed by atoms with Gasteiger partial charge in [0.25, 0.3) is 5.56 Å². The third-order valence-corrected chi connectivity index (χ3v) is 4.06. The van der Waals surface area contributed by atoms with E-state index in [0.29, 0.717) is 34.9 Å². The number of nitriles is 1. The van der Waals surface area contributed by atoms with Crippen LogP contribution < -0.4 is 20.8 Å². The third kappa shape index (κ3) is 3.81. The summed E-state index contributed by atoms with van der Waals surface area (Å²) in [4.78, 5) is 12.0. The summed E-state index contributed by atoms with van der Waals surface area (Å²) in [6.45, 7) is 2.17. The summed E-state index contributed by atoms with van der Waals surface area (Å²) in [5, 5.41) is 8.88. The minimum absolute atomic E-state index is 0.0344. The summed E-state index contributed by atoms with van der Waals surface area (Å²) in [6.07, 6.45) is 1.62. The highest BCUT2D eigenvalue weighted by molar-refractivity contribution is 5.78. The van der Waals surface area contributed by atoms with Crippen LogP contribution in [0.1, 0.15) is 12.5 Å². The molecule has 0 unspecified atom stereocenters. The largest absolute Gasteiger partial charge is 0.493 e. The predicted molar refractivity (Wildman–Crippen MR) is 104 cm³/mol. The summed E-state index contributed by atoms with van der Waals surface area (Å²) >= 11 is 0. The van der Waals surface area contributed by atoms with Gasteiger partial charge in [0, 0.05) is 36.1 Å². The Morgan fingerprint density at radius 1 is 1.11 bits per heavy atom. The number of benzene rings is 2. The van der Waals surface area contributed by atoms with Crippen LogP contribution in [0.15, 0.2) is 53.5 Å². The highest BCUT2D eigenvalue weighted by Gasteiger charge is 2.16. The van der Waals surface area contributed by atoms with Crippen molar-refractivity contribution in [2.45, 2.75) is 6.92 Å². The molecule has 2 aromatic carbocycles. The first kappa shape index (κ1) is 19.0. The average molecular weight is 379 g/mol. The smallest absolute Gasteiger partial charge is 0.254 e. The number of aromatic nitrogens is 1. The first-order valence-electron chi connectivity index (χ1n) is 8.53. The molecule has 0 bridgehead atoms. The molecule has 6 nitrogen and oxygen atoms in total. The van der Waals surface area contributed by atoms with Crippen molar-refractivity contribution in [3.05, 3.63) is 70.4 Å². The van der Waals surface area contributed by atoms with Crippen LogP contribution in [0.25, 0.3) is 11.1 Å². The van der Waals surface area contributed by atoms with E-state index in [0.717, 1.165) is 6.07 Å². The number of pyridine rings is 1. The third-order valence-electron chi connectivity index (χ3n) is 4.06. The molecular formula is C21H18FN3O3. The molecule has 7 heteroatoms. The molecule has 0 fully saturated rings. The van der Waals surface area contributed by atoms with Gasteiger partial charge in [-0.2, -0.15) is 5.26 Å². The fourth-order valence-corrected chi connectivity index (χ4v) is 2.71. The molecule has 1 heterocycles. The Kier molecular flexibility index (Phi) is 5.32. The zero-order valence-electron chi connectivity index (χ0n) is 15.4. The molecule has 3 rings (SSSR count). The Bertz CT molecular complexity index is 1130. The highest BCUT2D eigenvalue weighted by atomic mass is 19.1. The second kappa shape index (κ2) is 7.84. The number of nitrogen functional groups attached to an aromatic ring is 1. The van der Waals surface area contributed by atoms with E-state index in [1.54, 1.807) is 31.4 Å². The Labute approximate surface area is 161 Å². The van der Waals surface area contributed by atoms with Crippen molar-refractivity contribution in [2.24, 2.45) is 7.05 Å². The summed E-state index contributed by atoms with van der Waals surface area (Å²) < 4.78 is 27.1. The molecule has 0 spiro atoms. The zero-order valence-corrected chi connectivity index (χ0v) is 15.4. The second-order valence-electron chi connectivity index (χ2n) is 6.05. The molecule has 0 radical (unpaired) electrons. The monoisotopic (exact) mass is 379 g/mol. The second-order valence-corrected chi connectivity index (χ2v) is 6.05. The Balaban J connectivity index is 2.14. The molecule has 0 atom stereocenters. The molecule has 0 saturated carbocycles. The molecule has 28 heavy (non-hydrogen) atoms. The molecule has 0 aliphatic heterocycles. The van der Waals surface area contributed by atoms with E-state index in [9.17, 15) is 9.18 Å². The van der Waals surface area contributed by atoms with E-state index >= 15 is 0 Å². The molecule has 0 saturated heterocycles. The molecule has 0 aliphatic carbocycles. The van der Waals surface area contributed by atoms with E-state index in [2.05, 4.69) is 0 Å². The first-order valence-corrected chi connectivity index (χ1v) is 8.53. The summed E-state index contributed by atoms with van der Waals surface area (Å²) in [6, 6.07) is 12.1. The van der Waals surface area contributed by atoms with Crippen molar-refractivity contribution in [1.29, 1.82) is 5.26 Å². The lowest BCUT2D eigenvalue weighted by atomic mass is 10.0. The van der Waals surface area contributed by atoms with Gasteiger partial charge in [-0.1, -0.05) is 0 Å². The number of aryl methyl sites for hydroxylation is 1. The quantitative estimate of drug-likeness (QED) is 0.680. The van der Waals surface area contributed by atoms with Gasteiger partial charge < -0.3 is 19.8 Å². The molecular weight excluding hydrogens is 361 g/mol. The van der Waals surface area contributed by atoms with E-state index < -0.39 is 5.82 Å². The molecule has 2 N–H and O–H groups in total. The minimum Gasteiger partial charge on any atom is -0.493 e. The predicted octanol–water partition coefficient (Wildman–Crippen LogP) is 3.84. The van der Waals surface area contributed by atoms with Gasteiger partial charge in [0.05, 0.1) is 18.2 Å². The number of anilines is 1. The van der Waals surface area contributed by atoms with E-state index in [1.807, 2.05) is 13.0 Å². The molecule has 0 aliphatic rings. The van der Waals surface area contributed by atoms with Gasteiger partial charge >= 0.3 is 0 Å². The number of hydrogen-bond acceptors (Lipinski definition) is 5. The number of ether oxygens (including phenoxy) is 2. The SMILES string of the molecule is CCOc1cc(=O)n(C)cc1-c1cc(N)ccc1Oc1ccc(C#N)cc1F. The number of hydrogen-bond donors (Lipinski definition) is 1. The minimum atomic E-state index is -0.660. The van der Waals surface area contributed by atoms with Crippen LogP contribution in [0.5, 0.6) is 17.2 Å². The van der Waals surface area contributed by atoms with E-state index in [4.69, 9.17) is 20.5 Å². The van der Waals surface area contributed by atoms with E-state index in [-0.39, 0.29) is 16.9 Å². The lowest BCUT2D eigenvalue weighted by Crippen LogP contribution is -2.16. The number of rotatable bonds is 5. The fraction of sp³-hybridized carbons (Fsp3) is 0.143. The van der Waals surface area contributed by atoms with Crippen LogP contribution in [-0.2, 0) is 7.05 Å². The highest BCUT2D eigenvalue weighted by Crippen LogP contribution is 2.39. The standard InChI is InChI=1S/C21H18FN3O3/c1-3-27-20-10-21(26)25(2)12-16(20)15-9-14(24)5-7-18(15)28-19-6-4-13(11-23)8-17(19)22/h4-10,12H,3,24H2,1-2H3. The maximum Gasteiger partial charge on any atom is 0.254 e. The summed E-state index contributed by atoms with van der Waals surface area (Å²) in [5.41, 5.74) is 7.51. The van der Waals surface area contributed by atoms with Gasteiger partial charge in [0.2, 0.25) is 0 Å². The maximum absolute atomic E-state index is 14.3. The van der Waals surface area contributed by atoms with Crippen LogP contribution >= 0.6 is 0 Å². The average Bonchev–Trinajstić information content (AvgIpc) is 2.67. The number of nitrogens with zero attached hydrogens (tertiary/aromatic N) is 2. The van der Waals surface area contributed by atoms with Crippen LogP contribution in [0, 0.1) is 17.1 Å². The lowest BCUT2D eigenvalue weighted by Gasteiger charge is -2.16. The number of nitrogens with two attached hydrogens (primary N) is 1. The first-order chi connectivity index (χ1) is 13.4. The zero-order chi connectivity index (χ0) is 20.3. The van der Waals surface area contributed by atoms with Crippen molar-refractivity contribution < 1.29 is 13.9 Å². The fourth-order valence-electron chi connectivity index (χ4n) is 2.71. The van der Waals surface area contributed by atoms with Crippen LogP contribution in [0.3, 0.4) is 0 Å². The van der Waals surface area contributed by atoms with Crippen LogP contribution in [-0.4, -0.2) is 11.2 Å². The molecule has 3 aromatic rings.